The van der Waals surface area contributed by atoms with Crippen LogP contribution in [0.5, 0.6) is 11.5 Å². The number of benzene rings is 2. The van der Waals surface area contributed by atoms with E-state index in [0.717, 1.165) is 15.6 Å². The van der Waals surface area contributed by atoms with Gasteiger partial charge in [-0.25, -0.2) is 0 Å². The first-order valence-electron chi connectivity index (χ1n) is 6.61. The zero-order valence-corrected chi connectivity index (χ0v) is 13.7. The maximum atomic E-state index is 11.2. The second kappa shape index (κ2) is 6.26. The number of para-hydroxylation sites is 1. The molecule has 0 aromatic heterocycles. The minimum absolute atomic E-state index is 0.0207. The highest BCUT2D eigenvalue weighted by molar-refractivity contribution is 9.10. The summed E-state index contributed by atoms with van der Waals surface area (Å²) in [6.45, 7) is 5.91. The SMILES string of the molecule is Cc1cccc([N+](=O)[O-])c1Oc1ccc(Br)cc1C(C)C. The molecule has 2 aromatic rings. The van der Waals surface area contributed by atoms with Gasteiger partial charge in [0.05, 0.1) is 4.92 Å². The number of hydrogen-bond donors (Lipinski definition) is 0. The summed E-state index contributed by atoms with van der Waals surface area (Å²) in [4.78, 5) is 10.7. The Labute approximate surface area is 132 Å². The van der Waals surface area contributed by atoms with E-state index in [9.17, 15) is 10.1 Å². The topological polar surface area (TPSA) is 52.4 Å². The maximum Gasteiger partial charge on any atom is 0.311 e. The molecule has 0 atom stereocenters. The summed E-state index contributed by atoms with van der Waals surface area (Å²) in [7, 11) is 0. The minimum atomic E-state index is -0.420. The van der Waals surface area contributed by atoms with Gasteiger partial charge in [0.15, 0.2) is 0 Å². The molecule has 0 amide bonds. The molecule has 0 aliphatic heterocycles. The fraction of sp³-hybridized carbons (Fsp3) is 0.250. The molecule has 2 rings (SSSR count). The average Bonchev–Trinajstić information content (AvgIpc) is 2.42. The Balaban J connectivity index is 2.51. The fourth-order valence-electron chi connectivity index (χ4n) is 2.09. The first-order chi connectivity index (χ1) is 9.90. The number of hydrogen-bond acceptors (Lipinski definition) is 3. The molecule has 21 heavy (non-hydrogen) atoms. The van der Waals surface area contributed by atoms with E-state index in [1.165, 1.54) is 6.07 Å². The van der Waals surface area contributed by atoms with E-state index in [1.807, 2.05) is 18.2 Å². The number of halogens is 1. The van der Waals surface area contributed by atoms with Gasteiger partial charge >= 0.3 is 5.69 Å². The summed E-state index contributed by atoms with van der Waals surface area (Å²) in [5.74, 6) is 1.19. The Kier molecular flexibility index (Phi) is 4.63. The molecule has 0 unspecified atom stereocenters. The molecule has 2 aromatic carbocycles. The molecule has 0 bridgehead atoms. The molecule has 110 valence electrons. The standard InChI is InChI=1S/C16H16BrNO3/c1-10(2)13-9-12(17)7-8-15(13)21-16-11(3)5-4-6-14(16)18(19)20/h4-10H,1-3H3. The van der Waals surface area contributed by atoms with Crippen molar-refractivity contribution in [2.75, 3.05) is 0 Å². The Morgan fingerprint density at radius 2 is 1.95 bits per heavy atom. The Morgan fingerprint density at radius 3 is 2.57 bits per heavy atom. The van der Waals surface area contributed by atoms with Gasteiger partial charge in [0.2, 0.25) is 5.75 Å². The highest BCUT2D eigenvalue weighted by Gasteiger charge is 2.19. The van der Waals surface area contributed by atoms with Crippen molar-refractivity contribution in [1.82, 2.24) is 0 Å². The highest BCUT2D eigenvalue weighted by atomic mass is 79.9. The zero-order valence-electron chi connectivity index (χ0n) is 12.1. The van der Waals surface area contributed by atoms with E-state index in [2.05, 4.69) is 29.8 Å². The van der Waals surface area contributed by atoms with Crippen LogP contribution in [0.15, 0.2) is 40.9 Å². The van der Waals surface area contributed by atoms with Crippen molar-refractivity contribution < 1.29 is 9.66 Å². The van der Waals surface area contributed by atoms with Crippen LogP contribution < -0.4 is 4.74 Å². The van der Waals surface area contributed by atoms with Crippen molar-refractivity contribution in [3.05, 3.63) is 62.1 Å². The predicted octanol–water partition coefficient (Wildman–Crippen LogP) is 5.58. The van der Waals surface area contributed by atoms with E-state index in [4.69, 9.17) is 4.74 Å². The lowest BCUT2D eigenvalue weighted by molar-refractivity contribution is -0.385. The smallest absolute Gasteiger partial charge is 0.311 e. The van der Waals surface area contributed by atoms with Gasteiger partial charge < -0.3 is 4.74 Å². The van der Waals surface area contributed by atoms with Gasteiger partial charge in [-0.1, -0.05) is 41.9 Å². The molecule has 0 spiro atoms. The number of nitrogens with zero attached hydrogens (tertiary/aromatic N) is 1. The predicted molar refractivity (Wildman–Crippen MR) is 86.1 cm³/mol. The van der Waals surface area contributed by atoms with Gasteiger partial charge in [-0.3, -0.25) is 10.1 Å². The lowest BCUT2D eigenvalue weighted by atomic mass is 10.0. The molecule has 0 radical (unpaired) electrons. The minimum Gasteiger partial charge on any atom is -0.450 e. The van der Waals surface area contributed by atoms with Gasteiger partial charge in [0, 0.05) is 10.5 Å². The van der Waals surface area contributed by atoms with Crippen LogP contribution in [0.2, 0.25) is 0 Å². The number of aryl methyl sites for hydroxylation is 1. The molecule has 0 saturated carbocycles. The molecule has 5 heteroatoms. The van der Waals surface area contributed by atoms with Crippen LogP contribution in [0, 0.1) is 17.0 Å². The number of nitro benzene ring substituents is 1. The summed E-state index contributed by atoms with van der Waals surface area (Å²) in [6.07, 6.45) is 0. The number of nitro groups is 1. The monoisotopic (exact) mass is 349 g/mol. The third kappa shape index (κ3) is 3.42. The third-order valence-corrected chi connectivity index (χ3v) is 3.69. The zero-order chi connectivity index (χ0) is 15.6. The molecule has 0 fully saturated rings. The second-order valence-corrected chi connectivity index (χ2v) is 6.03. The maximum absolute atomic E-state index is 11.2. The van der Waals surface area contributed by atoms with Crippen LogP contribution >= 0.6 is 15.9 Å². The number of ether oxygens (including phenoxy) is 1. The van der Waals surface area contributed by atoms with E-state index in [1.54, 1.807) is 19.1 Å². The molecule has 0 heterocycles. The Morgan fingerprint density at radius 1 is 1.24 bits per heavy atom. The summed E-state index contributed by atoms with van der Waals surface area (Å²) in [5, 5.41) is 11.2. The molecular weight excluding hydrogens is 334 g/mol. The number of rotatable bonds is 4. The normalized spacial score (nSPS) is 10.7. The van der Waals surface area contributed by atoms with E-state index >= 15 is 0 Å². The third-order valence-electron chi connectivity index (χ3n) is 3.19. The molecule has 0 aliphatic rings. The van der Waals surface area contributed by atoms with Crippen LogP contribution in [0.4, 0.5) is 5.69 Å². The molecular formula is C16H16BrNO3. The van der Waals surface area contributed by atoms with Crippen LogP contribution in [0.3, 0.4) is 0 Å². The average molecular weight is 350 g/mol. The van der Waals surface area contributed by atoms with Gasteiger partial charge in [-0.15, -0.1) is 0 Å². The Hall–Kier alpha value is -1.88. The van der Waals surface area contributed by atoms with Crippen molar-refractivity contribution in [1.29, 1.82) is 0 Å². The quantitative estimate of drug-likeness (QED) is 0.534. The first kappa shape index (κ1) is 15.5. The lowest BCUT2D eigenvalue weighted by Gasteiger charge is -2.15. The van der Waals surface area contributed by atoms with Crippen LogP contribution in [0.1, 0.15) is 30.9 Å². The molecule has 4 nitrogen and oxygen atoms in total. The van der Waals surface area contributed by atoms with E-state index < -0.39 is 4.92 Å². The highest BCUT2D eigenvalue weighted by Crippen LogP contribution is 2.38. The largest absolute Gasteiger partial charge is 0.450 e. The van der Waals surface area contributed by atoms with Gasteiger partial charge in [-0.05, 0) is 42.2 Å². The molecule has 0 N–H and O–H groups in total. The first-order valence-corrected chi connectivity index (χ1v) is 7.40. The van der Waals surface area contributed by atoms with Crippen molar-refractivity contribution in [3.63, 3.8) is 0 Å². The van der Waals surface area contributed by atoms with E-state index in [-0.39, 0.29) is 11.6 Å². The second-order valence-electron chi connectivity index (χ2n) is 5.12. The van der Waals surface area contributed by atoms with E-state index in [0.29, 0.717) is 11.5 Å². The van der Waals surface area contributed by atoms with Crippen LogP contribution in [0.25, 0.3) is 0 Å². The van der Waals surface area contributed by atoms with Crippen molar-refractivity contribution in [3.8, 4) is 11.5 Å². The molecule has 0 saturated heterocycles. The van der Waals surface area contributed by atoms with Crippen molar-refractivity contribution >= 4 is 21.6 Å². The summed E-state index contributed by atoms with van der Waals surface area (Å²) in [6, 6.07) is 10.6. The molecule has 0 aliphatic carbocycles. The summed E-state index contributed by atoms with van der Waals surface area (Å²) >= 11 is 3.44. The summed E-state index contributed by atoms with van der Waals surface area (Å²) < 4.78 is 6.84. The lowest BCUT2D eigenvalue weighted by Crippen LogP contribution is -1.99. The van der Waals surface area contributed by atoms with Crippen molar-refractivity contribution in [2.45, 2.75) is 26.7 Å². The van der Waals surface area contributed by atoms with Crippen molar-refractivity contribution in [2.24, 2.45) is 0 Å². The Bertz CT molecular complexity index is 683. The summed E-state index contributed by atoms with van der Waals surface area (Å²) in [5.41, 5.74) is 1.72. The van der Waals surface area contributed by atoms with Gasteiger partial charge in [0.25, 0.3) is 0 Å². The van der Waals surface area contributed by atoms with Gasteiger partial charge in [-0.2, -0.15) is 0 Å². The fourth-order valence-corrected chi connectivity index (χ4v) is 2.47. The van der Waals surface area contributed by atoms with Gasteiger partial charge in [0.1, 0.15) is 5.75 Å². The van der Waals surface area contributed by atoms with Crippen LogP contribution in [-0.2, 0) is 0 Å². The van der Waals surface area contributed by atoms with Crippen LogP contribution in [-0.4, -0.2) is 4.92 Å².